The molecule has 27 heavy (non-hydrogen) atoms. The number of nitrogens with one attached hydrogen (secondary N) is 1. The lowest BCUT2D eigenvalue weighted by Gasteiger charge is -2.15. The van der Waals surface area contributed by atoms with Crippen molar-refractivity contribution in [2.45, 2.75) is 19.8 Å². The molecule has 9 heteroatoms. The Labute approximate surface area is 153 Å². The van der Waals surface area contributed by atoms with Crippen LogP contribution in [0, 0.1) is 28.9 Å². The summed E-state index contributed by atoms with van der Waals surface area (Å²) in [5.74, 6) is -0.516. The maximum Gasteiger partial charge on any atom is 0.294 e. The fourth-order valence-corrected chi connectivity index (χ4v) is 3.53. The Morgan fingerprint density at radius 2 is 1.85 bits per heavy atom. The predicted molar refractivity (Wildman–Crippen MR) is 95.5 cm³/mol. The zero-order chi connectivity index (χ0) is 19.1. The second-order valence-electron chi connectivity index (χ2n) is 6.57. The summed E-state index contributed by atoms with van der Waals surface area (Å²) in [5.41, 5.74) is 0.130. The number of amides is 2. The van der Waals surface area contributed by atoms with Gasteiger partial charge in [-0.25, -0.2) is 4.90 Å². The summed E-state index contributed by atoms with van der Waals surface area (Å²) in [6.45, 7) is 1.70. The number of carbonyl (C=O) groups excluding carboxylic acids is 2. The fourth-order valence-electron chi connectivity index (χ4n) is 3.53. The third kappa shape index (κ3) is 2.86. The number of benzene rings is 1. The Hall–Kier alpha value is -3.49. The van der Waals surface area contributed by atoms with Gasteiger partial charge in [-0.2, -0.15) is 0 Å². The van der Waals surface area contributed by atoms with Gasteiger partial charge in [0.2, 0.25) is 11.8 Å². The number of allylic oxidation sites excluding steroid dienone is 2. The van der Waals surface area contributed by atoms with Crippen molar-refractivity contribution in [1.29, 1.82) is 0 Å². The number of nitrogens with zero attached hydrogens (tertiary/aromatic N) is 3. The van der Waals surface area contributed by atoms with Crippen molar-refractivity contribution in [2.24, 2.45) is 11.8 Å². The molecule has 138 valence electrons. The molecule has 2 aromatic rings. The van der Waals surface area contributed by atoms with E-state index in [9.17, 15) is 19.7 Å². The molecule has 2 atom stereocenters. The van der Waals surface area contributed by atoms with Crippen molar-refractivity contribution in [3.63, 3.8) is 0 Å². The Morgan fingerprint density at radius 1 is 1.19 bits per heavy atom. The first-order chi connectivity index (χ1) is 13.0. The van der Waals surface area contributed by atoms with Crippen LogP contribution in [0.5, 0.6) is 0 Å². The molecule has 2 aliphatic rings. The number of imide groups is 1. The molecule has 0 bridgehead atoms. The molecule has 0 radical (unpaired) electrons. The summed E-state index contributed by atoms with van der Waals surface area (Å²) >= 11 is 0. The first kappa shape index (κ1) is 17.0. The van der Waals surface area contributed by atoms with Crippen LogP contribution in [0.15, 0.2) is 40.9 Å². The van der Waals surface area contributed by atoms with Gasteiger partial charge in [-0.1, -0.05) is 17.3 Å². The number of anilines is 3. The maximum absolute atomic E-state index is 12.7. The Bertz CT molecular complexity index is 954. The van der Waals surface area contributed by atoms with Crippen molar-refractivity contribution in [2.75, 3.05) is 10.2 Å². The van der Waals surface area contributed by atoms with E-state index in [-0.39, 0.29) is 28.9 Å². The van der Waals surface area contributed by atoms with E-state index >= 15 is 0 Å². The van der Waals surface area contributed by atoms with Crippen molar-refractivity contribution in [3.8, 4) is 0 Å². The van der Waals surface area contributed by atoms with E-state index in [1.807, 2.05) is 12.2 Å². The molecule has 9 nitrogen and oxygen atoms in total. The van der Waals surface area contributed by atoms with E-state index in [1.165, 1.54) is 18.2 Å². The highest BCUT2D eigenvalue weighted by Crippen LogP contribution is 2.40. The highest BCUT2D eigenvalue weighted by atomic mass is 16.6. The molecule has 0 unspecified atom stereocenters. The summed E-state index contributed by atoms with van der Waals surface area (Å²) in [4.78, 5) is 37.4. The normalized spacial score (nSPS) is 21.4. The number of nitro benzene ring substituents is 1. The van der Waals surface area contributed by atoms with E-state index in [2.05, 4.69) is 10.5 Å². The zero-order valence-electron chi connectivity index (χ0n) is 14.4. The van der Waals surface area contributed by atoms with E-state index in [4.69, 9.17) is 4.52 Å². The minimum Gasteiger partial charge on any atom is -0.360 e. The number of carbonyl (C=O) groups is 2. The standard InChI is InChI=1S/C18H16N4O5/c1-10-8-16(20-27-10)19-14-7-6-11(9-15(14)22(25)26)21-17(23)12-4-2-3-5-13(12)18(21)24/h2-3,6-9,12-13H,4-5H2,1H3,(H,19,20)/t12-,13-/m1/s1. The largest absolute Gasteiger partial charge is 0.360 e. The Morgan fingerprint density at radius 3 is 2.41 bits per heavy atom. The van der Waals surface area contributed by atoms with Gasteiger partial charge in [0.1, 0.15) is 11.4 Å². The molecule has 1 aromatic carbocycles. The minimum absolute atomic E-state index is 0.190. The van der Waals surface area contributed by atoms with Gasteiger partial charge < -0.3 is 9.84 Å². The Kier molecular flexibility index (Phi) is 3.98. The van der Waals surface area contributed by atoms with Crippen LogP contribution in [0.2, 0.25) is 0 Å². The van der Waals surface area contributed by atoms with Gasteiger partial charge in [0.05, 0.1) is 22.4 Å². The molecule has 0 saturated carbocycles. The first-order valence-corrected chi connectivity index (χ1v) is 8.47. The van der Waals surface area contributed by atoms with Gasteiger partial charge in [0, 0.05) is 12.1 Å². The SMILES string of the molecule is Cc1cc(Nc2ccc(N3C(=O)[C@@H]4CC=CC[C@H]4C3=O)cc2[N+](=O)[O-])no1. The van der Waals surface area contributed by atoms with Crippen LogP contribution >= 0.6 is 0 Å². The number of nitro groups is 1. The predicted octanol–water partition coefficient (Wildman–Crippen LogP) is 3.09. The molecule has 2 heterocycles. The molecule has 1 fully saturated rings. The lowest BCUT2D eigenvalue weighted by molar-refractivity contribution is -0.383. The average molecular weight is 368 g/mol. The third-order valence-corrected chi connectivity index (χ3v) is 4.83. The van der Waals surface area contributed by atoms with Crippen LogP contribution in [-0.2, 0) is 9.59 Å². The average Bonchev–Trinajstić information content (AvgIpc) is 3.17. The zero-order valence-corrected chi connectivity index (χ0v) is 14.4. The first-order valence-electron chi connectivity index (χ1n) is 8.47. The quantitative estimate of drug-likeness (QED) is 0.381. The number of aromatic nitrogens is 1. The molecule has 4 rings (SSSR count). The summed E-state index contributed by atoms with van der Waals surface area (Å²) in [6.07, 6.45) is 4.81. The van der Waals surface area contributed by atoms with E-state index in [1.54, 1.807) is 13.0 Å². The van der Waals surface area contributed by atoms with Gasteiger partial charge in [0.15, 0.2) is 5.82 Å². The van der Waals surface area contributed by atoms with Crippen LogP contribution in [-0.4, -0.2) is 21.9 Å². The molecule has 1 saturated heterocycles. The lowest BCUT2D eigenvalue weighted by atomic mass is 9.85. The molecule has 1 aliphatic heterocycles. The molecule has 1 aliphatic carbocycles. The molecular formula is C18H16N4O5. The maximum atomic E-state index is 12.7. The third-order valence-electron chi connectivity index (χ3n) is 4.83. The lowest BCUT2D eigenvalue weighted by Crippen LogP contribution is -2.30. The van der Waals surface area contributed by atoms with Crippen LogP contribution in [0.25, 0.3) is 0 Å². The summed E-state index contributed by atoms with van der Waals surface area (Å²) in [7, 11) is 0. The highest BCUT2D eigenvalue weighted by Gasteiger charge is 2.48. The number of rotatable bonds is 4. The number of fused-ring (bicyclic) bond motifs is 1. The minimum atomic E-state index is -0.571. The summed E-state index contributed by atoms with van der Waals surface area (Å²) in [5, 5.41) is 18.1. The molecule has 1 aromatic heterocycles. The van der Waals surface area contributed by atoms with E-state index in [0.29, 0.717) is 24.4 Å². The second kappa shape index (κ2) is 6.35. The van der Waals surface area contributed by atoms with Gasteiger partial charge in [0.25, 0.3) is 5.69 Å². The van der Waals surface area contributed by atoms with Crippen molar-refractivity contribution in [3.05, 3.63) is 52.3 Å². The highest BCUT2D eigenvalue weighted by molar-refractivity contribution is 6.22. The molecule has 1 N–H and O–H groups in total. The number of aryl methyl sites for hydroxylation is 1. The van der Waals surface area contributed by atoms with Gasteiger partial charge in [-0.05, 0) is 31.9 Å². The monoisotopic (exact) mass is 368 g/mol. The van der Waals surface area contributed by atoms with Crippen molar-refractivity contribution >= 4 is 34.7 Å². The van der Waals surface area contributed by atoms with Crippen LogP contribution in [0.1, 0.15) is 18.6 Å². The summed E-state index contributed by atoms with van der Waals surface area (Å²) in [6, 6.07) is 5.81. The van der Waals surface area contributed by atoms with Crippen LogP contribution in [0.4, 0.5) is 22.9 Å². The number of hydrogen-bond donors (Lipinski definition) is 1. The molecule has 2 amide bonds. The van der Waals surface area contributed by atoms with Crippen molar-refractivity contribution in [1.82, 2.24) is 5.16 Å². The topological polar surface area (TPSA) is 119 Å². The Balaban J connectivity index is 1.68. The molecule has 0 spiro atoms. The van der Waals surface area contributed by atoms with Gasteiger partial charge in [-0.15, -0.1) is 0 Å². The van der Waals surface area contributed by atoms with Gasteiger partial charge >= 0.3 is 0 Å². The summed E-state index contributed by atoms with van der Waals surface area (Å²) < 4.78 is 4.94. The van der Waals surface area contributed by atoms with Crippen molar-refractivity contribution < 1.29 is 19.0 Å². The van der Waals surface area contributed by atoms with E-state index in [0.717, 1.165) is 4.90 Å². The number of hydrogen-bond acceptors (Lipinski definition) is 7. The van der Waals surface area contributed by atoms with Gasteiger partial charge in [-0.3, -0.25) is 19.7 Å². The fraction of sp³-hybridized carbons (Fsp3) is 0.278. The van der Waals surface area contributed by atoms with Crippen LogP contribution < -0.4 is 10.2 Å². The molecular weight excluding hydrogens is 352 g/mol. The second-order valence-corrected chi connectivity index (χ2v) is 6.57. The smallest absolute Gasteiger partial charge is 0.294 e. The van der Waals surface area contributed by atoms with Crippen LogP contribution in [0.3, 0.4) is 0 Å². The van der Waals surface area contributed by atoms with E-state index < -0.39 is 16.8 Å².